The van der Waals surface area contributed by atoms with Gasteiger partial charge in [0.2, 0.25) is 0 Å². The van der Waals surface area contributed by atoms with Crippen LogP contribution in [0.3, 0.4) is 0 Å². The maximum absolute atomic E-state index is 6.19. The molecule has 116 valence electrons. The third kappa shape index (κ3) is 8.92. The molecular weight excluding hydrogens is 289 g/mol. The van der Waals surface area contributed by atoms with Gasteiger partial charge >= 0.3 is 124 Å². The zero-order valence-corrected chi connectivity index (χ0v) is 15.9. The fraction of sp³-hybridized carbons (Fsp3) is 0.571. The van der Waals surface area contributed by atoms with Gasteiger partial charge in [-0.05, 0) is 0 Å². The second-order valence-corrected chi connectivity index (χ2v) is 22.8. The van der Waals surface area contributed by atoms with Gasteiger partial charge in [-0.3, -0.25) is 0 Å². The van der Waals surface area contributed by atoms with Gasteiger partial charge in [0.1, 0.15) is 0 Å². The van der Waals surface area contributed by atoms with Crippen molar-refractivity contribution in [3.05, 3.63) is 30.3 Å². The summed E-state index contributed by atoms with van der Waals surface area (Å²) in [5, 5.41) is 0. The zero-order valence-electron chi connectivity index (χ0n) is 14.1. The van der Waals surface area contributed by atoms with Crippen LogP contribution in [0, 0.1) is 0 Å². The molecule has 0 aliphatic heterocycles. The van der Waals surface area contributed by atoms with Gasteiger partial charge in [0.15, 0.2) is 0 Å². The van der Waals surface area contributed by atoms with Crippen molar-refractivity contribution in [2.45, 2.75) is 0 Å². The van der Waals surface area contributed by atoms with Gasteiger partial charge in [-0.25, -0.2) is 0 Å². The Kier molecular flexibility index (Phi) is 4.70. The summed E-state index contributed by atoms with van der Waals surface area (Å²) in [7, 11) is -0.664. The molecule has 0 spiro atoms. The first-order valence-corrected chi connectivity index (χ1v) is 14.7. The summed E-state index contributed by atoms with van der Waals surface area (Å²) < 4.78 is 18.3. The topological polar surface area (TPSA) is 27.7 Å². The van der Waals surface area contributed by atoms with E-state index in [2.05, 4.69) is 53.3 Å². The predicted octanol–water partition coefficient (Wildman–Crippen LogP) is 4.06. The van der Waals surface area contributed by atoms with E-state index < -0.39 is 21.0 Å². The van der Waals surface area contributed by atoms with Gasteiger partial charge in [-0.2, -0.15) is 0 Å². The summed E-state index contributed by atoms with van der Waals surface area (Å²) in [6, 6.07) is 9.67. The van der Waals surface area contributed by atoms with Crippen LogP contribution in [0.4, 0.5) is 0 Å². The van der Waals surface area contributed by atoms with E-state index in [9.17, 15) is 0 Å². The SMILES string of the molecule is CP(C)(C)(C)OB(Oc1ccccc1)OP(C)(C)(C)C. The summed E-state index contributed by atoms with van der Waals surface area (Å²) >= 11 is 0. The Morgan fingerprint density at radius 1 is 0.700 bits per heavy atom. The normalized spacial score (nSPS) is 16.6. The van der Waals surface area contributed by atoms with E-state index >= 15 is 0 Å². The average Bonchev–Trinajstić information content (AvgIpc) is 2.10. The Bertz CT molecular complexity index is 418. The van der Waals surface area contributed by atoms with Gasteiger partial charge in [0, 0.05) is 0 Å². The van der Waals surface area contributed by atoms with Crippen LogP contribution in [-0.2, 0) is 8.88 Å². The fourth-order valence-corrected chi connectivity index (χ4v) is 2.98. The second-order valence-electron chi connectivity index (χ2n) is 8.76. The third-order valence-corrected chi connectivity index (χ3v) is 4.02. The van der Waals surface area contributed by atoms with Gasteiger partial charge < -0.3 is 0 Å². The quantitative estimate of drug-likeness (QED) is 0.585. The molecular formula is C14H29BO3P2. The van der Waals surface area contributed by atoms with Gasteiger partial charge in [-0.15, -0.1) is 0 Å². The monoisotopic (exact) mass is 318 g/mol. The number of para-hydroxylation sites is 1. The van der Waals surface area contributed by atoms with E-state index in [1.54, 1.807) is 0 Å². The Morgan fingerprint density at radius 3 is 1.45 bits per heavy atom. The molecule has 0 atom stereocenters. The zero-order chi connectivity index (χ0) is 15.7. The Balaban J connectivity index is 2.91. The van der Waals surface area contributed by atoms with Crippen LogP contribution >= 0.6 is 13.7 Å². The standard InChI is InChI=1S/C14H29BO3P2/c1-19(2,3,4)17-15(18-20(5,6,7)8)16-14-12-10-9-11-13-14/h9-13H,1-8H3. The number of rotatable bonds is 6. The maximum atomic E-state index is 6.19. The van der Waals surface area contributed by atoms with Gasteiger partial charge in [0.25, 0.3) is 0 Å². The van der Waals surface area contributed by atoms with Gasteiger partial charge in [-0.1, -0.05) is 0 Å². The van der Waals surface area contributed by atoms with Gasteiger partial charge in [0.05, 0.1) is 0 Å². The molecule has 20 heavy (non-hydrogen) atoms. The third-order valence-electron chi connectivity index (χ3n) is 1.99. The molecule has 1 aromatic carbocycles. The summed E-state index contributed by atoms with van der Waals surface area (Å²) in [6.45, 7) is 12.7. The first kappa shape index (κ1) is 17.9. The molecule has 0 unspecified atom stereocenters. The van der Waals surface area contributed by atoms with Crippen LogP contribution in [0.15, 0.2) is 30.3 Å². The number of hydrogen-bond acceptors (Lipinski definition) is 3. The van der Waals surface area contributed by atoms with Crippen LogP contribution in [-0.4, -0.2) is 60.6 Å². The molecule has 0 aromatic heterocycles. The molecule has 0 aliphatic rings. The van der Waals surface area contributed by atoms with E-state index in [0.717, 1.165) is 5.75 Å². The van der Waals surface area contributed by atoms with Crippen LogP contribution in [0.25, 0.3) is 0 Å². The number of hydrogen-bond donors (Lipinski definition) is 0. The van der Waals surface area contributed by atoms with Crippen molar-refractivity contribution in [3.8, 4) is 5.75 Å². The van der Waals surface area contributed by atoms with Crippen molar-refractivity contribution in [1.82, 2.24) is 0 Å². The molecule has 0 fully saturated rings. The summed E-state index contributed by atoms with van der Waals surface area (Å²) in [6.07, 6.45) is 0. The molecule has 3 nitrogen and oxygen atoms in total. The Labute approximate surface area is 124 Å². The Hall–Kier alpha value is -0.135. The molecule has 0 saturated carbocycles. The van der Waals surface area contributed by atoms with Crippen LogP contribution < -0.4 is 4.65 Å². The molecule has 0 N–H and O–H groups in total. The van der Waals surface area contributed by atoms with Crippen molar-refractivity contribution in [2.75, 3.05) is 53.3 Å². The molecule has 0 heterocycles. The minimum atomic E-state index is -2.20. The number of benzene rings is 1. The van der Waals surface area contributed by atoms with E-state index in [4.69, 9.17) is 13.5 Å². The molecule has 0 saturated heterocycles. The summed E-state index contributed by atoms with van der Waals surface area (Å²) in [4.78, 5) is 0. The first-order valence-electron chi connectivity index (χ1n) is 6.76. The van der Waals surface area contributed by atoms with Crippen molar-refractivity contribution < 1.29 is 13.5 Å². The molecule has 0 radical (unpaired) electrons. The molecule has 0 aliphatic carbocycles. The van der Waals surface area contributed by atoms with Crippen molar-refractivity contribution in [2.24, 2.45) is 0 Å². The minimum absolute atomic E-state index is 0.664. The molecule has 1 aromatic rings. The van der Waals surface area contributed by atoms with E-state index in [1.165, 1.54) is 0 Å². The van der Waals surface area contributed by atoms with Crippen LogP contribution in [0.5, 0.6) is 5.75 Å². The van der Waals surface area contributed by atoms with Crippen LogP contribution in [0.1, 0.15) is 0 Å². The predicted molar refractivity (Wildman–Crippen MR) is 96.2 cm³/mol. The molecule has 1 rings (SSSR count). The van der Waals surface area contributed by atoms with E-state index in [1.807, 2.05) is 30.3 Å². The Morgan fingerprint density at radius 2 is 1.10 bits per heavy atom. The fourth-order valence-electron chi connectivity index (χ4n) is 1.36. The summed E-state index contributed by atoms with van der Waals surface area (Å²) in [5.41, 5.74) is 0. The summed E-state index contributed by atoms with van der Waals surface area (Å²) in [5.74, 6) is 0.762. The molecule has 6 heteroatoms. The van der Waals surface area contributed by atoms with Crippen molar-refractivity contribution >= 4 is 21.0 Å². The van der Waals surface area contributed by atoms with E-state index in [-0.39, 0.29) is 0 Å². The molecule has 0 bridgehead atoms. The first-order chi connectivity index (χ1) is 8.66. The average molecular weight is 318 g/mol. The van der Waals surface area contributed by atoms with Crippen molar-refractivity contribution in [3.63, 3.8) is 0 Å². The molecule has 0 amide bonds. The van der Waals surface area contributed by atoms with E-state index in [0.29, 0.717) is 0 Å². The second kappa shape index (κ2) is 5.25. The van der Waals surface area contributed by atoms with Crippen molar-refractivity contribution in [1.29, 1.82) is 0 Å². The van der Waals surface area contributed by atoms with Crippen LogP contribution in [0.2, 0.25) is 0 Å².